The average Bonchev–Trinajstić information content (AvgIpc) is 2.41. The van der Waals surface area contributed by atoms with E-state index in [1.165, 1.54) is 5.01 Å². The van der Waals surface area contributed by atoms with Gasteiger partial charge in [-0.2, -0.15) is 5.10 Å². The molecular weight excluding hydrogens is 234 g/mol. The predicted octanol–water partition coefficient (Wildman–Crippen LogP) is -0.175. The van der Waals surface area contributed by atoms with Crippen molar-refractivity contribution in [3.63, 3.8) is 0 Å². The number of carbonyl (C=O) groups is 2. The van der Waals surface area contributed by atoms with Crippen LogP contribution in [0.5, 0.6) is 0 Å². The van der Waals surface area contributed by atoms with Crippen LogP contribution in [-0.2, 0) is 9.59 Å². The Morgan fingerprint density at radius 2 is 2.28 bits per heavy atom. The summed E-state index contributed by atoms with van der Waals surface area (Å²) in [6, 6.07) is 0. The monoisotopic (exact) mass is 253 g/mol. The third-order valence-electron chi connectivity index (χ3n) is 3.52. The van der Waals surface area contributed by atoms with E-state index in [1.807, 2.05) is 0 Å². The fourth-order valence-electron chi connectivity index (χ4n) is 2.40. The fourth-order valence-corrected chi connectivity index (χ4v) is 2.40. The summed E-state index contributed by atoms with van der Waals surface area (Å²) >= 11 is 0. The van der Waals surface area contributed by atoms with Crippen molar-refractivity contribution in [2.45, 2.75) is 25.7 Å². The topological polar surface area (TPSA) is 73.2 Å². The zero-order valence-electron chi connectivity index (χ0n) is 10.6. The number of rotatable bonds is 2. The van der Waals surface area contributed by atoms with E-state index in [9.17, 15) is 9.59 Å². The molecule has 1 unspecified atom stereocenters. The van der Waals surface area contributed by atoms with E-state index < -0.39 is 0 Å². The Hall–Kier alpha value is -1.43. The number of aliphatic hydroxyl groups excluding tert-OH is 1. The Kier molecular flexibility index (Phi) is 3.96. The van der Waals surface area contributed by atoms with Gasteiger partial charge >= 0.3 is 0 Å². The molecule has 100 valence electrons. The van der Waals surface area contributed by atoms with Crippen LogP contribution in [0.25, 0.3) is 0 Å². The van der Waals surface area contributed by atoms with Crippen molar-refractivity contribution in [1.82, 2.24) is 9.91 Å². The third kappa shape index (κ3) is 2.69. The van der Waals surface area contributed by atoms with Gasteiger partial charge in [0.15, 0.2) is 0 Å². The summed E-state index contributed by atoms with van der Waals surface area (Å²) in [5, 5.41) is 14.4. The Morgan fingerprint density at radius 3 is 2.94 bits per heavy atom. The van der Waals surface area contributed by atoms with Crippen LogP contribution in [0.15, 0.2) is 5.10 Å². The van der Waals surface area contributed by atoms with Gasteiger partial charge in [-0.1, -0.05) is 0 Å². The highest BCUT2D eigenvalue weighted by molar-refractivity contribution is 6.39. The van der Waals surface area contributed by atoms with Crippen molar-refractivity contribution >= 4 is 17.5 Å². The largest absolute Gasteiger partial charge is 0.396 e. The summed E-state index contributed by atoms with van der Waals surface area (Å²) in [5.41, 5.74) is 0.454. The van der Waals surface area contributed by atoms with Gasteiger partial charge in [0, 0.05) is 39.6 Å². The summed E-state index contributed by atoms with van der Waals surface area (Å²) in [4.78, 5) is 25.3. The number of likely N-dealkylation sites (tertiary alicyclic amines) is 1. The molecule has 1 atom stereocenters. The molecule has 1 N–H and O–H groups in total. The van der Waals surface area contributed by atoms with Gasteiger partial charge in [0.25, 0.3) is 5.91 Å². The van der Waals surface area contributed by atoms with Crippen molar-refractivity contribution in [2.75, 3.05) is 26.7 Å². The molecule has 0 aliphatic carbocycles. The van der Waals surface area contributed by atoms with E-state index in [0.29, 0.717) is 31.6 Å². The molecule has 2 amide bonds. The molecule has 2 aliphatic rings. The lowest BCUT2D eigenvalue weighted by Crippen LogP contribution is -2.45. The second-order valence-electron chi connectivity index (χ2n) is 4.91. The first-order valence-electron chi connectivity index (χ1n) is 6.36. The Balaban J connectivity index is 2.03. The molecule has 6 nitrogen and oxygen atoms in total. The van der Waals surface area contributed by atoms with Crippen LogP contribution in [0.4, 0.5) is 0 Å². The van der Waals surface area contributed by atoms with E-state index in [2.05, 4.69) is 5.10 Å². The minimum absolute atomic E-state index is 0.0570. The molecule has 0 radical (unpaired) electrons. The molecule has 1 saturated heterocycles. The highest BCUT2D eigenvalue weighted by atomic mass is 16.3. The summed E-state index contributed by atoms with van der Waals surface area (Å²) in [7, 11) is 1.57. The SMILES string of the molecule is CN1N=C(C(=O)N2CCCC(CO)C2)CCC1=O. The fraction of sp³-hybridized carbons (Fsp3) is 0.750. The molecule has 2 rings (SSSR count). The van der Waals surface area contributed by atoms with E-state index in [1.54, 1.807) is 11.9 Å². The van der Waals surface area contributed by atoms with Gasteiger partial charge in [0.05, 0.1) is 0 Å². The molecule has 0 bridgehead atoms. The Bertz CT molecular complexity index is 381. The van der Waals surface area contributed by atoms with Crippen LogP contribution >= 0.6 is 0 Å². The normalized spacial score (nSPS) is 25.1. The van der Waals surface area contributed by atoms with Crippen molar-refractivity contribution in [3.05, 3.63) is 0 Å². The van der Waals surface area contributed by atoms with Crippen LogP contribution in [0.3, 0.4) is 0 Å². The minimum atomic E-state index is -0.0903. The van der Waals surface area contributed by atoms with Gasteiger partial charge < -0.3 is 10.0 Å². The second kappa shape index (κ2) is 5.48. The Morgan fingerprint density at radius 1 is 1.50 bits per heavy atom. The molecule has 0 saturated carbocycles. The van der Waals surface area contributed by atoms with E-state index in [-0.39, 0.29) is 24.3 Å². The summed E-state index contributed by atoms with van der Waals surface area (Å²) in [6.07, 6.45) is 2.64. The maximum absolute atomic E-state index is 12.2. The molecule has 0 aromatic carbocycles. The molecule has 1 fully saturated rings. The van der Waals surface area contributed by atoms with Gasteiger partial charge in [-0.05, 0) is 18.8 Å². The number of piperidine rings is 1. The first-order chi connectivity index (χ1) is 8.61. The van der Waals surface area contributed by atoms with Gasteiger partial charge in [-0.3, -0.25) is 9.59 Å². The second-order valence-corrected chi connectivity index (χ2v) is 4.91. The number of nitrogens with zero attached hydrogens (tertiary/aromatic N) is 3. The first-order valence-corrected chi connectivity index (χ1v) is 6.36. The Labute approximate surface area is 106 Å². The zero-order chi connectivity index (χ0) is 13.1. The lowest BCUT2D eigenvalue weighted by atomic mass is 9.98. The van der Waals surface area contributed by atoms with Crippen LogP contribution in [0.2, 0.25) is 0 Å². The minimum Gasteiger partial charge on any atom is -0.396 e. The van der Waals surface area contributed by atoms with E-state index in [4.69, 9.17) is 5.11 Å². The lowest BCUT2D eigenvalue weighted by molar-refractivity contribution is -0.131. The molecule has 18 heavy (non-hydrogen) atoms. The van der Waals surface area contributed by atoms with Gasteiger partial charge in [0.1, 0.15) is 5.71 Å². The number of hydrogen-bond donors (Lipinski definition) is 1. The van der Waals surface area contributed by atoms with Crippen molar-refractivity contribution in [3.8, 4) is 0 Å². The van der Waals surface area contributed by atoms with Gasteiger partial charge in [-0.15, -0.1) is 0 Å². The van der Waals surface area contributed by atoms with Crippen LogP contribution in [-0.4, -0.2) is 59.3 Å². The standard InChI is InChI=1S/C12H19N3O3/c1-14-11(17)5-4-10(13-14)12(18)15-6-2-3-9(7-15)8-16/h9,16H,2-8H2,1H3. The van der Waals surface area contributed by atoms with Crippen LogP contribution in [0.1, 0.15) is 25.7 Å². The van der Waals surface area contributed by atoms with Crippen LogP contribution < -0.4 is 0 Å². The quantitative estimate of drug-likeness (QED) is 0.742. The summed E-state index contributed by atoms with van der Waals surface area (Å²) in [5.74, 6) is 0.0252. The molecular formula is C12H19N3O3. The highest BCUT2D eigenvalue weighted by Crippen LogP contribution is 2.18. The number of amides is 2. The number of carbonyl (C=O) groups excluding carboxylic acids is 2. The maximum atomic E-state index is 12.2. The lowest BCUT2D eigenvalue weighted by Gasteiger charge is -2.32. The maximum Gasteiger partial charge on any atom is 0.270 e. The first kappa shape index (κ1) is 13.0. The van der Waals surface area contributed by atoms with Gasteiger partial charge in [0.2, 0.25) is 5.91 Å². The van der Waals surface area contributed by atoms with Crippen molar-refractivity contribution in [2.24, 2.45) is 11.0 Å². The third-order valence-corrected chi connectivity index (χ3v) is 3.52. The van der Waals surface area contributed by atoms with Gasteiger partial charge in [-0.25, -0.2) is 5.01 Å². The molecule has 2 aliphatic heterocycles. The number of hydrogen-bond acceptors (Lipinski definition) is 4. The van der Waals surface area contributed by atoms with E-state index in [0.717, 1.165) is 12.8 Å². The van der Waals surface area contributed by atoms with Crippen LogP contribution in [0, 0.1) is 5.92 Å². The molecule has 0 aromatic heterocycles. The van der Waals surface area contributed by atoms with Crippen molar-refractivity contribution in [1.29, 1.82) is 0 Å². The molecule has 0 aromatic rings. The number of aliphatic hydroxyl groups is 1. The molecule has 6 heteroatoms. The average molecular weight is 253 g/mol. The summed E-state index contributed by atoms with van der Waals surface area (Å²) in [6.45, 7) is 1.42. The number of hydrazone groups is 1. The van der Waals surface area contributed by atoms with Crippen molar-refractivity contribution < 1.29 is 14.7 Å². The van der Waals surface area contributed by atoms with E-state index >= 15 is 0 Å². The predicted molar refractivity (Wildman–Crippen MR) is 65.8 cm³/mol. The molecule has 2 heterocycles. The highest BCUT2D eigenvalue weighted by Gasteiger charge is 2.29. The zero-order valence-corrected chi connectivity index (χ0v) is 10.6. The molecule has 0 spiro atoms. The summed E-state index contributed by atoms with van der Waals surface area (Å²) < 4.78 is 0. The smallest absolute Gasteiger partial charge is 0.270 e.